The molecule has 1 aromatic rings. The largest absolute Gasteiger partial charge is 0.573 e. The van der Waals surface area contributed by atoms with Crippen LogP contribution in [-0.4, -0.2) is 79.8 Å². The number of rotatable bonds is 8. The SMILES string of the molecule is CCCS(=O)(=O)N1CCN(C2(CNC(=O)c3c(Cl)cccc3OC(F)(F)F)CCC(F)(F)CC2)CC1. The van der Waals surface area contributed by atoms with Crippen molar-refractivity contribution >= 4 is 27.5 Å². The number of benzene rings is 1. The Bertz CT molecular complexity index is 1040. The number of halogens is 6. The average molecular weight is 562 g/mol. The molecule has 1 heterocycles. The van der Waals surface area contributed by atoms with Gasteiger partial charge in [0.15, 0.2) is 0 Å². The molecule has 3 rings (SSSR count). The first-order valence-electron chi connectivity index (χ1n) is 11.6. The summed E-state index contributed by atoms with van der Waals surface area (Å²) in [7, 11) is -3.42. The molecule has 7 nitrogen and oxygen atoms in total. The van der Waals surface area contributed by atoms with Crippen LogP contribution in [0.4, 0.5) is 22.0 Å². The van der Waals surface area contributed by atoms with Crippen LogP contribution >= 0.6 is 11.6 Å². The smallest absolute Gasteiger partial charge is 0.405 e. The van der Waals surface area contributed by atoms with E-state index in [9.17, 15) is 35.2 Å². The molecule has 2 aliphatic rings. The Hall–Kier alpha value is -1.70. The summed E-state index contributed by atoms with van der Waals surface area (Å²) in [4.78, 5) is 14.8. The summed E-state index contributed by atoms with van der Waals surface area (Å²) in [5.41, 5.74) is -1.42. The van der Waals surface area contributed by atoms with Crippen LogP contribution in [0.15, 0.2) is 18.2 Å². The number of piperazine rings is 1. The lowest BCUT2D eigenvalue weighted by Crippen LogP contribution is -2.63. The molecule has 1 saturated heterocycles. The molecule has 1 aromatic carbocycles. The molecule has 0 bridgehead atoms. The van der Waals surface area contributed by atoms with Crippen LogP contribution in [0.5, 0.6) is 5.75 Å². The highest BCUT2D eigenvalue weighted by atomic mass is 35.5. The summed E-state index contributed by atoms with van der Waals surface area (Å²) in [6.45, 7) is 2.56. The Labute approximate surface area is 211 Å². The Morgan fingerprint density at radius 1 is 1.11 bits per heavy atom. The van der Waals surface area contributed by atoms with Crippen molar-refractivity contribution in [1.82, 2.24) is 14.5 Å². The Balaban J connectivity index is 1.78. The third-order valence-electron chi connectivity index (χ3n) is 6.68. The van der Waals surface area contributed by atoms with Gasteiger partial charge in [-0.05, 0) is 31.4 Å². The average Bonchev–Trinajstić information content (AvgIpc) is 2.78. The third-order valence-corrected chi connectivity index (χ3v) is 9.07. The summed E-state index contributed by atoms with van der Waals surface area (Å²) >= 11 is 6.00. The van der Waals surface area contributed by atoms with Crippen LogP contribution in [-0.2, 0) is 10.0 Å². The molecule has 1 amide bonds. The van der Waals surface area contributed by atoms with E-state index in [1.165, 1.54) is 16.4 Å². The highest BCUT2D eigenvalue weighted by Crippen LogP contribution is 2.42. The van der Waals surface area contributed by atoms with Crippen LogP contribution in [0.3, 0.4) is 0 Å². The number of nitrogens with one attached hydrogen (secondary N) is 1. The molecule has 2 fully saturated rings. The van der Waals surface area contributed by atoms with Gasteiger partial charge >= 0.3 is 6.36 Å². The number of amides is 1. The highest BCUT2D eigenvalue weighted by molar-refractivity contribution is 7.89. The van der Waals surface area contributed by atoms with Crippen LogP contribution in [0.1, 0.15) is 49.4 Å². The number of alkyl halides is 5. The highest BCUT2D eigenvalue weighted by Gasteiger charge is 2.48. The topological polar surface area (TPSA) is 79.0 Å². The van der Waals surface area contributed by atoms with E-state index in [4.69, 9.17) is 11.6 Å². The van der Waals surface area contributed by atoms with Crippen LogP contribution < -0.4 is 10.1 Å². The second-order valence-electron chi connectivity index (χ2n) is 9.13. The zero-order chi connectivity index (χ0) is 26.8. The van der Waals surface area contributed by atoms with Gasteiger partial charge in [0.2, 0.25) is 15.9 Å². The van der Waals surface area contributed by atoms with Crippen molar-refractivity contribution < 1.29 is 39.9 Å². The molecule has 1 aliphatic heterocycles. The van der Waals surface area contributed by atoms with Gasteiger partial charge in [-0.3, -0.25) is 9.69 Å². The van der Waals surface area contributed by atoms with E-state index in [0.29, 0.717) is 6.42 Å². The number of carbonyl (C=O) groups excluding carboxylic acids is 1. The molecular formula is C22H29ClF5N3O4S. The Morgan fingerprint density at radius 2 is 1.72 bits per heavy atom. The molecule has 1 N–H and O–H groups in total. The van der Waals surface area contributed by atoms with Gasteiger partial charge < -0.3 is 10.1 Å². The van der Waals surface area contributed by atoms with Gasteiger partial charge in [0.05, 0.1) is 10.8 Å². The molecule has 0 aromatic heterocycles. The fraction of sp³-hybridized carbons (Fsp3) is 0.682. The monoisotopic (exact) mass is 561 g/mol. The molecule has 36 heavy (non-hydrogen) atoms. The van der Waals surface area contributed by atoms with Crippen molar-refractivity contribution in [3.8, 4) is 5.75 Å². The quantitative estimate of drug-likeness (QED) is 0.480. The van der Waals surface area contributed by atoms with E-state index >= 15 is 0 Å². The number of carbonyl (C=O) groups is 1. The molecule has 14 heteroatoms. The zero-order valence-electron chi connectivity index (χ0n) is 19.7. The van der Waals surface area contributed by atoms with E-state index < -0.39 is 57.9 Å². The Morgan fingerprint density at radius 3 is 2.28 bits per heavy atom. The zero-order valence-corrected chi connectivity index (χ0v) is 21.3. The molecule has 0 atom stereocenters. The fourth-order valence-corrected chi connectivity index (χ4v) is 6.53. The molecule has 1 aliphatic carbocycles. The minimum Gasteiger partial charge on any atom is -0.405 e. The summed E-state index contributed by atoms with van der Waals surface area (Å²) < 4.78 is 96.6. The van der Waals surface area contributed by atoms with Crippen LogP contribution in [0.2, 0.25) is 5.02 Å². The van der Waals surface area contributed by atoms with Crippen molar-refractivity contribution in [2.24, 2.45) is 0 Å². The summed E-state index contributed by atoms with van der Waals surface area (Å²) in [5, 5.41) is 2.32. The van der Waals surface area contributed by atoms with Crippen LogP contribution in [0.25, 0.3) is 0 Å². The minimum atomic E-state index is -5.05. The van der Waals surface area contributed by atoms with Gasteiger partial charge in [0, 0.05) is 51.1 Å². The molecule has 204 valence electrons. The predicted molar refractivity (Wildman–Crippen MR) is 124 cm³/mol. The lowest BCUT2D eigenvalue weighted by atomic mass is 9.78. The van der Waals surface area contributed by atoms with Crippen LogP contribution in [0, 0.1) is 0 Å². The van der Waals surface area contributed by atoms with Gasteiger partial charge in [-0.1, -0.05) is 24.6 Å². The first kappa shape index (κ1) is 28.9. The first-order valence-corrected chi connectivity index (χ1v) is 13.6. The maximum Gasteiger partial charge on any atom is 0.573 e. The minimum absolute atomic E-state index is 0.0145. The van der Waals surface area contributed by atoms with Gasteiger partial charge in [0.25, 0.3) is 5.91 Å². The lowest BCUT2D eigenvalue weighted by Gasteiger charge is -2.50. The van der Waals surface area contributed by atoms with Crippen molar-refractivity contribution in [2.75, 3.05) is 38.5 Å². The predicted octanol–water partition coefficient (Wildman–Crippen LogP) is 4.27. The van der Waals surface area contributed by atoms with E-state index in [1.54, 1.807) is 6.92 Å². The molecule has 0 spiro atoms. The first-order chi connectivity index (χ1) is 16.7. The summed E-state index contributed by atoms with van der Waals surface area (Å²) in [6.07, 6.45) is -5.38. The number of ether oxygens (including phenoxy) is 1. The van der Waals surface area contributed by atoms with Crippen molar-refractivity contribution in [3.63, 3.8) is 0 Å². The molecule has 0 unspecified atom stereocenters. The lowest BCUT2D eigenvalue weighted by molar-refractivity contribution is -0.274. The maximum absolute atomic E-state index is 14.0. The van der Waals surface area contributed by atoms with Gasteiger partial charge in [0.1, 0.15) is 11.3 Å². The van der Waals surface area contributed by atoms with E-state index in [-0.39, 0.29) is 56.3 Å². The van der Waals surface area contributed by atoms with Gasteiger partial charge in [-0.25, -0.2) is 17.2 Å². The van der Waals surface area contributed by atoms with Crippen molar-refractivity contribution in [1.29, 1.82) is 0 Å². The number of nitrogens with zero attached hydrogens (tertiary/aromatic N) is 2. The molecule has 1 saturated carbocycles. The number of hydrogen-bond donors (Lipinski definition) is 1. The Kier molecular flexibility index (Phi) is 8.79. The van der Waals surface area contributed by atoms with E-state index in [1.807, 2.05) is 4.90 Å². The maximum atomic E-state index is 14.0. The summed E-state index contributed by atoms with van der Waals surface area (Å²) in [5.74, 6) is -4.55. The van der Waals surface area contributed by atoms with Crippen molar-refractivity contribution in [2.45, 2.75) is 56.9 Å². The van der Waals surface area contributed by atoms with E-state index in [2.05, 4.69) is 10.1 Å². The number of sulfonamides is 1. The second-order valence-corrected chi connectivity index (χ2v) is 11.6. The second kappa shape index (κ2) is 11.0. The van der Waals surface area contributed by atoms with Crippen molar-refractivity contribution in [3.05, 3.63) is 28.8 Å². The fourth-order valence-electron chi connectivity index (χ4n) is 4.78. The third kappa shape index (κ3) is 6.99. The van der Waals surface area contributed by atoms with Gasteiger partial charge in [-0.2, -0.15) is 4.31 Å². The molecule has 0 radical (unpaired) electrons. The summed E-state index contributed by atoms with van der Waals surface area (Å²) in [6, 6.07) is 3.41. The number of hydrogen-bond acceptors (Lipinski definition) is 5. The van der Waals surface area contributed by atoms with Gasteiger partial charge in [-0.15, -0.1) is 13.2 Å². The standard InChI is InChI=1S/C22H29ClF5N3O4S/c1-2-14-36(33,34)31-12-10-30(11-13-31)20(6-8-21(24,25)9-7-20)15-29-19(32)18-16(23)4-3-5-17(18)35-22(26,27)28/h3-5H,2,6-15H2,1H3,(H,29,32). The van der Waals surface area contributed by atoms with E-state index in [0.717, 1.165) is 6.07 Å². The normalized spacial score (nSPS) is 21.2. The molecular weight excluding hydrogens is 533 g/mol.